The number of amides is 1. The van der Waals surface area contributed by atoms with Crippen LogP contribution in [0.4, 0.5) is 0 Å². The van der Waals surface area contributed by atoms with Crippen LogP contribution < -0.4 is 5.32 Å². The molecule has 92 valence electrons. The van der Waals surface area contributed by atoms with Crippen LogP contribution in [0.2, 0.25) is 0 Å². The van der Waals surface area contributed by atoms with E-state index in [0.717, 1.165) is 0 Å². The largest absolute Gasteiger partial charge is 0.480 e. The molecule has 3 N–H and O–H groups in total. The third-order valence-corrected chi connectivity index (χ3v) is 2.26. The molecule has 0 aliphatic rings. The lowest BCUT2D eigenvalue weighted by Crippen LogP contribution is -2.47. The minimum absolute atomic E-state index is 0.152. The number of aliphatic hydroxyl groups is 1. The Bertz CT molecular complexity index is 431. The lowest BCUT2D eigenvalue weighted by molar-refractivity contribution is -0.141. The topological polar surface area (TPSA) is 99.5 Å². The van der Waals surface area contributed by atoms with Gasteiger partial charge in [0.15, 0.2) is 6.04 Å². The summed E-state index contributed by atoms with van der Waals surface area (Å²) in [5.74, 6) is -1.90. The summed E-state index contributed by atoms with van der Waals surface area (Å²) in [6.07, 6.45) is 0.264. The van der Waals surface area contributed by atoms with Crippen molar-refractivity contribution in [3.63, 3.8) is 0 Å². The molecule has 6 nitrogen and oxygen atoms in total. The van der Waals surface area contributed by atoms with Gasteiger partial charge in [0.2, 0.25) is 0 Å². The number of carboxylic acid groups (broad SMARTS) is 1. The number of aromatic nitrogens is 1. The summed E-state index contributed by atoms with van der Waals surface area (Å²) in [6.45, 7) is 2.99. The predicted octanol–water partition coefficient (Wildman–Crippen LogP) is -0.0462. The first-order chi connectivity index (χ1) is 7.93. The van der Waals surface area contributed by atoms with Gasteiger partial charge in [0.1, 0.15) is 5.69 Å². The summed E-state index contributed by atoms with van der Waals surface area (Å²) in [6, 6.07) is 2.03. The molecule has 17 heavy (non-hydrogen) atoms. The molecule has 1 amide bonds. The third kappa shape index (κ3) is 3.25. The van der Waals surface area contributed by atoms with Crippen LogP contribution in [0, 0.1) is 6.92 Å². The second-order valence-corrected chi connectivity index (χ2v) is 3.70. The quantitative estimate of drug-likeness (QED) is 0.683. The van der Waals surface area contributed by atoms with Crippen LogP contribution in [-0.2, 0) is 4.79 Å². The Morgan fingerprint density at radius 1 is 1.47 bits per heavy atom. The number of pyridine rings is 1. The Morgan fingerprint density at radius 2 is 2.12 bits per heavy atom. The van der Waals surface area contributed by atoms with Gasteiger partial charge in [0.05, 0.1) is 6.10 Å². The molecule has 0 spiro atoms. The van der Waals surface area contributed by atoms with E-state index < -0.39 is 24.0 Å². The zero-order valence-corrected chi connectivity index (χ0v) is 9.54. The van der Waals surface area contributed by atoms with E-state index in [1.165, 1.54) is 13.1 Å². The molecule has 0 fully saturated rings. The van der Waals surface area contributed by atoms with Crippen LogP contribution >= 0.6 is 0 Å². The number of carbonyl (C=O) groups is 2. The fourth-order valence-electron chi connectivity index (χ4n) is 1.32. The van der Waals surface area contributed by atoms with Crippen LogP contribution in [0.5, 0.6) is 0 Å². The molecule has 1 aromatic rings. The van der Waals surface area contributed by atoms with Crippen molar-refractivity contribution >= 4 is 11.9 Å². The van der Waals surface area contributed by atoms with E-state index in [9.17, 15) is 14.7 Å². The van der Waals surface area contributed by atoms with Gasteiger partial charge in [-0.05, 0) is 25.5 Å². The number of carbonyl (C=O) groups excluding carboxylic acids is 1. The fourth-order valence-corrected chi connectivity index (χ4v) is 1.32. The van der Waals surface area contributed by atoms with Crippen LogP contribution in [-0.4, -0.2) is 39.2 Å². The van der Waals surface area contributed by atoms with Crippen LogP contribution in [0.25, 0.3) is 0 Å². The van der Waals surface area contributed by atoms with E-state index in [-0.39, 0.29) is 5.69 Å². The highest BCUT2D eigenvalue weighted by Crippen LogP contribution is 2.04. The van der Waals surface area contributed by atoms with Gasteiger partial charge in [0, 0.05) is 6.20 Å². The highest BCUT2D eigenvalue weighted by molar-refractivity contribution is 5.96. The maximum atomic E-state index is 11.7. The summed E-state index contributed by atoms with van der Waals surface area (Å²) in [5.41, 5.74) is 0.791. The van der Waals surface area contributed by atoms with Crippen LogP contribution in [0.15, 0.2) is 18.3 Å². The molecule has 0 saturated heterocycles. The zero-order valence-electron chi connectivity index (χ0n) is 9.54. The second kappa shape index (κ2) is 5.40. The number of aliphatic carboxylic acids is 1. The molecule has 6 heteroatoms. The Kier molecular flexibility index (Phi) is 4.17. The number of hydrogen-bond donors (Lipinski definition) is 3. The first-order valence-electron chi connectivity index (χ1n) is 5.07. The summed E-state index contributed by atoms with van der Waals surface area (Å²) in [4.78, 5) is 26.4. The van der Waals surface area contributed by atoms with Gasteiger partial charge in [-0.15, -0.1) is 0 Å². The number of carboxylic acids is 1. The van der Waals surface area contributed by atoms with Gasteiger partial charge in [-0.25, -0.2) is 4.79 Å². The van der Waals surface area contributed by atoms with E-state index in [1.54, 1.807) is 19.1 Å². The average molecular weight is 238 g/mol. The first-order valence-corrected chi connectivity index (χ1v) is 5.07. The normalized spacial score (nSPS) is 13.8. The minimum atomic E-state index is -1.34. The summed E-state index contributed by atoms with van der Waals surface area (Å²) in [7, 11) is 0. The van der Waals surface area contributed by atoms with Crippen molar-refractivity contribution in [2.45, 2.75) is 26.0 Å². The van der Waals surface area contributed by atoms with Gasteiger partial charge in [-0.1, -0.05) is 6.07 Å². The first kappa shape index (κ1) is 13.1. The van der Waals surface area contributed by atoms with Gasteiger partial charge in [0.25, 0.3) is 5.91 Å². The maximum Gasteiger partial charge on any atom is 0.328 e. The minimum Gasteiger partial charge on any atom is -0.480 e. The average Bonchev–Trinajstić information content (AvgIpc) is 2.25. The molecule has 0 aromatic carbocycles. The van der Waals surface area contributed by atoms with Crippen molar-refractivity contribution in [2.75, 3.05) is 0 Å². The summed E-state index contributed by atoms with van der Waals surface area (Å²) >= 11 is 0. The standard InChI is InChI=1S/C11H14N2O4/c1-6-4-3-5-12-8(6)10(15)13-9(7(2)14)11(16)17/h3-5,7,9,14H,1-2H3,(H,13,15)(H,16,17). The highest BCUT2D eigenvalue weighted by atomic mass is 16.4. The Hall–Kier alpha value is -1.95. The van der Waals surface area contributed by atoms with Gasteiger partial charge in [-0.3, -0.25) is 9.78 Å². The number of nitrogens with one attached hydrogen (secondary N) is 1. The Labute approximate surface area is 98.3 Å². The smallest absolute Gasteiger partial charge is 0.328 e. The van der Waals surface area contributed by atoms with Crippen LogP contribution in [0.3, 0.4) is 0 Å². The molecule has 1 rings (SSSR count). The molecule has 1 aromatic heterocycles. The van der Waals surface area contributed by atoms with Crippen molar-refractivity contribution in [2.24, 2.45) is 0 Å². The van der Waals surface area contributed by atoms with E-state index in [4.69, 9.17) is 5.11 Å². The molecular weight excluding hydrogens is 224 g/mol. The molecule has 0 bridgehead atoms. The second-order valence-electron chi connectivity index (χ2n) is 3.70. The SMILES string of the molecule is Cc1cccnc1C(=O)NC(C(=O)O)C(C)O. The molecule has 0 aliphatic heterocycles. The van der Waals surface area contributed by atoms with Crippen molar-refractivity contribution in [1.82, 2.24) is 10.3 Å². The van der Waals surface area contributed by atoms with E-state index >= 15 is 0 Å². The predicted molar refractivity (Wildman–Crippen MR) is 59.5 cm³/mol. The summed E-state index contributed by atoms with van der Waals surface area (Å²) in [5, 5.41) is 20.3. The van der Waals surface area contributed by atoms with Gasteiger partial charge in [-0.2, -0.15) is 0 Å². The van der Waals surface area contributed by atoms with E-state index in [1.807, 2.05) is 0 Å². The molecule has 1 heterocycles. The highest BCUT2D eigenvalue weighted by Gasteiger charge is 2.26. The van der Waals surface area contributed by atoms with Crippen molar-refractivity contribution in [3.05, 3.63) is 29.6 Å². The van der Waals surface area contributed by atoms with Crippen molar-refractivity contribution in [3.8, 4) is 0 Å². The Morgan fingerprint density at radius 3 is 2.59 bits per heavy atom. The number of aliphatic hydroxyl groups excluding tert-OH is 1. The number of hydrogen-bond acceptors (Lipinski definition) is 4. The number of aryl methyl sites for hydroxylation is 1. The lowest BCUT2D eigenvalue weighted by Gasteiger charge is -2.17. The molecule has 2 atom stereocenters. The lowest BCUT2D eigenvalue weighted by atomic mass is 10.1. The number of nitrogens with zero attached hydrogens (tertiary/aromatic N) is 1. The molecule has 0 aliphatic carbocycles. The molecule has 2 unspecified atom stereocenters. The zero-order chi connectivity index (χ0) is 13.0. The molecular formula is C11H14N2O4. The van der Waals surface area contributed by atoms with E-state index in [0.29, 0.717) is 5.56 Å². The van der Waals surface area contributed by atoms with Gasteiger partial charge >= 0.3 is 5.97 Å². The Balaban J connectivity index is 2.85. The third-order valence-electron chi connectivity index (χ3n) is 2.26. The molecule has 0 saturated carbocycles. The van der Waals surface area contributed by atoms with E-state index in [2.05, 4.69) is 10.3 Å². The fraction of sp³-hybridized carbons (Fsp3) is 0.364. The maximum absolute atomic E-state index is 11.7. The van der Waals surface area contributed by atoms with Crippen molar-refractivity contribution < 1.29 is 19.8 Å². The van der Waals surface area contributed by atoms with Gasteiger partial charge < -0.3 is 15.5 Å². The summed E-state index contributed by atoms with van der Waals surface area (Å²) < 4.78 is 0. The molecule has 0 radical (unpaired) electrons. The van der Waals surface area contributed by atoms with Crippen LogP contribution in [0.1, 0.15) is 23.0 Å². The number of rotatable bonds is 4. The monoisotopic (exact) mass is 238 g/mol. The van der Waals surface area contributed by atoms with Crippen molar-refractivity contribution in [1.29, 1.82) is 0 Å².